The van der Waals surface area contributed by atoms with Gasteiger partial charge in [0.2, 0.25) is 0 Å². The predicted octanol–water partition coefficient (Wildman–Crippen LogP) is 7.10. The van der Waals surface area contributed by atoms with Crippen LogP contribution >= 0.6 is 0 Å². The Morgan fingerprint density at radius 1 is 0.815 bits per heavy atom. The Hall–Kier alpha value is -2.20. The normalized spacial score (nSPS) is 19.2. The second-order valence-electron chi connectivity index (χ2n) is 7.73. The van der Waals surface area contributed by atoms with Crippen LogP contribution in [0.5, 0.6) is 5.75 Å². The van der Waals surface area contributed by atoms with Crippen LogP contribution in [0.1, 0.15) is 64.4 Å². The molecule has 1 aliphatic rings. The van der Waals surface area contributed by atoms with Crippen molar-refractivity contribution < 1.29 is 4.74 Å². The van der Waals surface area contributed by atoms with E-state index in [9.17, 15) is 0 Å². The zero-order valence-corrected chi connectivity index (χ0v) is 16.8. The van der Waals surface area contributed by atoms with Gasteiger partial charge in [-0.1, -0.05) is 62.8 Å². The summed E-state index contributed by atoms with van der Waals surface area (Å²) in [6.07, 6.45) is 9.04. The van der Waals surface area contributed by atoms with Gasteiger partial charge in [-0.25, -0.2) is 0 Å². The molecular weight excluding hydrogens is 328 g/mol. The molecule has 0 bridgehead atoms. The Morgan fingerprint density at radius 2 is 1.44 bits per heavy atom. The molecule has 0 spiro atoms. The smallest absolute Gasteiger partial charge is 0.119 e. The largest absolute Gasteiger partial charge is 0.494 e. The lowest BCUT2D eigenvalue weighted by atomic mass is 9.80. The molecule has 1 heteroatoms. The molecule has 0 amide bonds. The molecule has 2 aromatic rings. The van der Waals surface area contributed by atoms with Gasteiger partial charge in [-0.15, -0.1) is 0 Å². The fraction of sp³-hybridized carbons (Fsp3) is 0.462. The molecule has 0 aliphatic heterocycles. The molecule has 3 rings (SSSR count). The van der Waals surface area contributed by atoms with Crippen LogP contribution in [0.2, 0.25) is 0 Å². The van der Waals surface area contributed by atoms with E-state index in [2.05, 4.69) is 62.1 Å². The standard InChI is InChI=1S/C26H32O/c1-3-5-21-6-8-22(9-7-21)10-11-23-12-14-24(15-13-23)25-16-18-26(19-17-25)27-20-4-2/h12-19,21-22H,3-9,20H2,1-2H3. The number of hydrogen-bond acceptors (Lipinski definition) is 1. The molecular formula is C26H32O. The second kappa shape index (κ2) is 10.2. The maximum absolute atomic E-state index is 5.66. The van der Waals surface area contributed by atoms with Crippen LogP contribution in [0.15, 0.2) is 48.5 Å². The van der Waals surface area contributed by atoms with Gasteiger partial charge in [0, 0.05) is 11.5 Å². The third-order valence-electron chi connectivity index (χ3n) is 5.51. The molecule has 0 atom stereocenters. The SMILES string of the molecule is CCCOc1ccc(-c2ccc(C#CC3CCC(CCC)CC3)cc2)cc1. The highest BCUT2D eigenvalue weighted by atomic mass is 16.5. The van der Waals surface area contributed by atoms with Crippen molar-refractivity contribution >= 4 is 0 Å². The second-order valence-corrected chi connectivity index (χ2v) is 7.73. The number of hydrogen-bond donors (Lipinski definition) is 0. The summed E-state index contributed by atoms with van der Waals surface area (Å²) < 4.78 is 5.66. The highest BCUT2D eigenvalue weighted by Gasteiger charge is 2.18. The highest BCUT2D eigenvalue weighted by molar-refractivity contribution is 5.65. The first-order valence-electron chi connectivity index (χ1n) is 10.6. The van der Waals surface area contributed by atoms with Gasteiger partial charge >= 0.3 is 0 Å². The lowest BCUT2D eigenvalue weighted by molar-refractivity contribution is 0.300. The Balaban J connectivity index is 1.56. The van der Waals surface area contributed by atoms with E-state index >= 15 is 0 Å². The molecule has 2 aromatic carbocycles. The van der Waals surface area contributed by atoms with Crippen LogP contribution < -0.4 is 4.74 Å². The van der Waals surface area contributed by atoms with E-state index in [1.54, 1.807) is 0 Å². The van der Waals surface area contributed by atoms with Crippen molar-refractivity contribution in [3.63, 3.8) is 0 Å². The third kappa shape index (κ3) is 5.90. The van der Waals surface area contributed by atoms with Gasteiger partial charge in [0.1, 0.15) is 5.75 Å². The van der Waals surface area contributed by atoms with Crippen molar-refractivity contribution in [2.45, 2.75) is 58.8 Å². The minimum Gasteiger partial charge on any atom is -0.494 e. The summed E-state index contributed by atoms with van der Waals surface area (Å²) in [5, 5.41) is 0. The summed E-state index contributed by atoms with van der Waals surface area (Å²) in [5.74, 6) is 9.41. The maximum Gasteiger partial charge on any atom is 0.119 e. The van der Waals surface area contributed by atoms with Crippen molar-refractivity contribution in [2.75, 3.05) is 6.61 Å². The molecule has 0 radical (unpaired) electrons. The van der Waals surface area contributed by atoms with E-state index < -0.39 is 0 Å². The van der Waals surface area contributed by atoms with Crippen LogP contribution in [-0.4, -0.2) is 6.61 Å². The summed E-state index contributed by atoms with van der Waals surface area (Å²) in [4.78, 5) is 0. The fourth-order valence-electron chi connectivity index (χ4n) is 3.90. The predicted molar refractivity (Wildman–Crippen MR) is 115 cm³/mol. The van der Waals surface area contributed by atoms with Gasteiger partial charge in [-0.3, -0.25) is 0 Å². The van der Waals surface area contributed by atoms with Crippen molar-refractivity contribution in [3.8, 4) is 28.7 Å². The Labute approximate surface area is 165 Å². The first kappa shape index (κ1) is 19.6. The zero-order chi connectivity index (χ0) is 18.9. The zero-order valence-electron chi connectivity index (χ0n) is 16.8. The number of rotatable bonds is 6. The summed E-state index contributed by atoms with van der Waals surface area (Å²) in [5.41, 5.74) is 3.56. The molecule has 0 aromatic heterocycles. The summed E-state index contributed by atoms with van der Waals surface area (Å²) in [7, 11) is 0. The molecule has 0 unspecified atom stereocenters. The quantitative estimate of drug-likeness (QED) is 0.499. The number of benzene rings is 2. The first-order valence-corrected chi connectivity index (χ1v) is 10.6. The van der Waals surface area contributed by atoms with E-state index in [-0.39, 0.29) is 0 Å². The van der Waals surface area contributed by atoms with E-state index in [4.69, 9.17) is 4.74 Å². The summed E-state index contributed by atoms with van der Waals surface area (Å²) >= 11 is 0. The molecule has 1 saturated carbocycles. The maximum atomic E-state index is 5.66. The van der Waals surface area contributed by atoms with Gasteiger partial charge in [-0.2, -0.15) is 0 Å². The molecule has 1 nitrogen and oxygen atoms in total. The highest BCUT2D eigenvalue weighted by Crippen LogP contribution is 2.31. The molecule has 0 heterocycles. The molecule has 142 valence electrons. The Bertz CT molecular complexity index is 738. The van der Waals surface area contributed by atoms with Crippen molar-refractivity contribution in [1.29, 1.82) is 0 Å². The monoisotopic (exact) mass is 360 g/mol. The van der Waals surface area contributed by atoms with Crippen LogP contribution in [0.25, 0.3) is 11.1 Å². The van der Waals surface area contributed by atoms with E-state index in [0.29, 0.717) is 5.92 Å². The van der Waals surface area contributed by atoms with E-state index in [0.717, 1.165) is 30.3 Å². The van der Waals surface area contributed by atoms with Crippen molar-refractivity contribution in [1.82, 2.24) is 0 Å². The summed E-state index contributed by atoms with van der Waals surface area (Å²) in [6, 6.07) is 17.0. The van der Waals surface area contributed by atoms with Crippen LogP contribution in [0.3, 0.4) is 0 Å². The first-order chi connectivity index (χ1) is 13.3. The fourth-order valence-corrected chi connectivity index (χ4v) is 3.90. The van der Waals surface area contributed by atoms with Crippen molar-refractivity contribution in [3.05, 3.63) is 54.1 Å². The van der Waals surface area contributed by atoms with Gasteiger partial charge in [-0.05, 0) is 73.4 Å². The van der Waals surface area contributed by atoms with Gasteiger partial charge in [0.15, 0.2) is 0 Å². The molecule has 1 fully saturated rings. The Kier molecular flexibility index (Phi) is 7.40. The summed E-state index contributed by atoms with van der Waals surface area (Å²) in [6.45, 7) is 5.19. The van der Waals surface area contributed by atoms with Crippen molar-refractivity contribution in [2.24, 2.45) is 11.8 Å². The lowest BCUT2D eigenvalue weighted by Gasteiger charge is -2.25. The van der Waals surface area contributed by atoms with E-state index in [1.807, 2.05) is 12.1 Å². The number of ether oxygens (including phenoxy) is 1. The van der Waals surface area contributed by atoms with Crippen LogP contribution in [0.4, 0.5) is 0 Å². The molecule has 0 saturated heterocycles. The average molecular weight is 361 g/mol. The van der Waals surface area contributed by atoms with Gasteiger partial charge < -0.3 is 4.74 Å². The molecule has 1 aliphatic carbocycles. The van der Waals surface area contributed by atoms with Gasteiger partial charge in [0.05, 0.1) is 6.61 Å². The molecule has 0 N–H and O–H groups in total. The van der Waals surface area contributed by atoms with Crippen LogP contribution in [-0.2, 0) is 0 Å². The molecule has 27 heavy (non-hydrogen) atoms. The topological polar surface area (TPSA) is 9.23 Å². The average Bonchev–Trinajstić information content (AvgIpc) is 2.73. The Morgan fingerprint density at radius 3 is 2.04 bits per heavy atom. The third-order valence-corrected chi connectivity index (χ3v) is 5.51. The minimum atomic E-state index is 0.591. The minimum absolute atomic E-state index is 0.591. The van der Waals surface area contributed by atoms with Gasteiger partial charge in [0.25, 0.3) is 0 Å². The van der Waals surface area contributed by atoms with E-state index in [1.165, 1.54) is 49.7 Å². The lowest BCUT2D eigenvalue weighted by Crippen LogP contribution is -2.13. The van der Waals surface area contributed by atoms with Crippen LogP contribution in [0, 0.1) is 23.7 Å².